The first kappa shape index (κ1) is 34.4. The molecule has 0 fully saturated rings. The van der Waals surface area contributed by atoms with E-state index >= 15 is 0 Å². The molecule has 0 aliphatic heterocycles. The third-order valence-corrected chi connectivity index (χ3v) is 3.45. The van der Waals surface area contributed by atoms with Gasteiger partial charge in [0, 0.05) is 51.2 Å². The van der Waals surface area contributed by atoms with E-state index in [0.29, 0.717) is 0 Å². The van der Waals surface area contributed by atoms with Gasteiger partial charge in [-0.2, -0.15) is 0 Å². The fraction of sp³-hybridized carbons (Fsp3) is 0. The van der Waals surface area contributed by atoms with Gasteiger partial charge in [-0.3, -0.25) is 0 Å². The zero-order valence-electron chi connectivity index (χ0n) is 15.7. The number of hydrogen-bond acceptors (Lipinski definition) is 6. The number of carbonyl (C=O) groups is 6. The summed E-state index contributed by atoms with van der Waals surface area (Å²) in [5.41, 5.74) is -2.49. The van der Waals surface area contributed by atoms with Crippen molar-refractivity contribution in [2.24, 2.45) is 0 Å². The van der Waals surface area contributed by atoms with Gasteiger partial charge in [-0.1, -0.05) is 0 Å². The molecule has 0 heterocycles. The number of hydrogen-bond donors (Lipinski definition) is 6. The van der Waals surface area contributed by atoms with Crippen molar-refractivity contribution < 1.29 is 111 Å². The van der Waals surface area contributed by atoms with E-state index in [1.54, 1.807) is 0 Å². The van der Waals surface area contributed by atoms with Crippen LogP contribution in [0, 0.1) is 0 Å². The van der Waals surface area contributed by atoms with Gasteiger partial charge < -0.3 is 30.6 Å². The summed E-state index contributed by atoms with van der Waals surface area (Å²) in [6, 6.07) is 5.61. The van der Waals surface area contributed by atoms with Crippen LogP contribution in [0.1, 0.15) is 62.1 Å². The molecule has 0 aromatic heterocycles. The molecule has 2 aromatic rings. The van der Waals surface area contributed by atoms with Crippen LogP contribution in [0.25, 0.3) is 0 Å². The van der Waals surface area contributed by atoms with Crippen LogP contribution in [0.15, 0.2) is 36.4 Å². The van der Waals surface area contributed by atoms with E-state index in [1.165, 1.54) is 0 Å². The van der Waals surface area contributed by atoms with E-state index in [1.807, 2.05) is 0 Å². The summed E-state index contributed by atoms with van der Waals surface area (Å²) >= 11 is 0. The molecule has 0 aliphatic rings. The molecule has 2 aromatic carbocycles. The first-order valence-electron chi connectivity index (χ1n) is 7.54. The standard InChI is InChI=1S/2C9H6O6.3Fe/c2*10-7(11)4-1-2-5(8(12)13)6(3-4)9(14)15;;;/h2*1-3H,(H,10,11)(H,12,13)(H,14,15);;;. The minimum Gasteiger partial charge on any atom is -0.478 e. The van der Waals surface area contributed by atoms with E-state index in [4.69, 9.17) is 30.6 Å². The quantitative estimate of drug-likeness (QED) is 0.265. The Hall–Kier alpha value is -3.18. The summed E-state index contributed by atoms with van der Waals surface area (Å²) in [5, 5.41) is 51.8. The fourth-order valence-corrected chi connectivity index (χ4v) is 2.08. The third kappa shape index (κ3) is 9.46. The van der Waals surface area contributed by atoms with Gasteiger partial charge in [0.05, 0.1) is 33.4 Å². The van der Waals surface area contributed by atoms with Crippen LogP contribution in [0.3, 0.4) is 0 Å². The van der Waals surface area contributed by atoms with Gasteiger partial charge in [-0.15, -0.1) is 0 Å². The van der Waals surface area contributed by atoms with Crippen molar-refractivity contribution in [1.29, 1.82) is 0 Å². The van der Waals surface area contributed by atoms with Crippen molar-refractivity contribution in [3.8, 4) is 0 Å². The van der Waals surface area contributed by atoms with Crippen LogP contribution in [-0.2, 0) is 51.2 Å². The van der Waals surface area contributed by atoms with Gasteiger partial charge in [0.25, 0.3) is 0 Å². The van der Waals surface area contributed by atoms with Gasteiger partial charge in [0.2, 0.25) is 0 Å². The van der Waals surface area contributed by atoms with Crippen molar-refractivity contribution in [3.63, 3.8) is 0 Å². The predicted molar refractivity (Wildman–Crippen MR) is 94.6 cm³/mol. The SMILES string of the molecule is O=C(O)c1ccc(C(=O)O)c(C(=O)O)c1.O=C(O)c1ccc(C(=O)O)c(C(=O)O)c1.[Fe].[Fe].[Fe]. The van der Waals surface area contributed by atoms with Crippen LogP contribution in [-0.4, -0.2) is 66.5 Å². The Kier molecular flexibility index (Phi) is 15.4. The number of carboxylic acid groups (broad SMARTS) is 6. The minimum atomic E-state index is -1.48. The Balaban J connectivity index is -0.000000500. The Labute approximate surface area is 215 Å². The molecule has 0 spiro atoms. The van der Waals surface area contributed by atoms with Gasteiger partial charge in [-0.05, 0) is 36.4 Å². The normalized spacial score (nSPS) is 8.73. The average molecular weight is 588 g/mol. The van der Waals surface area contributed by atoms with Gasteiger partial charge in [0.1, 0.15) is 0 Å². The molecule has 33 heavy (non-hydrogen) atoms. The molecule has 0 bridgehead atoms. The second-order valence-corrected chi connectivity index (χ2v) is 5.35. The molecule has 2 rings (SSSR count). The van der Waals surface area contributed by atoms with Gasteiger partial charge in [0.15, 0.2) is 0 Å². The summed E-state index contributed by atoms with van der Waals surface area (Å²) in [4.78, 5) is 63.5. The molecule has 0 saturated heterocycles. The largest absolute Gasteiger partial charge is 0.478 e. The molecule has 0 atom stereocenters. The van der Waals surface area contributed by atoms with E-state index in [0.717, 1.165) is 36.4 Å². The zero-order chi connectivity index (χ0) is 23.2. The van der Waals surface area contributed by atoms with Crippen LogP contribution >= 0.6 is 0 Å². The monoisotopic (exact) mass is 588 g/mol. The van der Waals surface area contributed by atoms with Crippen molar-refractivity contribution >= 4 is 35.8 Å². The third-order valence-electron chi connectivity index (χ3n) is 3.45. The van der Waals surface area contributed by atoms with Crippen LogP contribution in [0.5, 0.6) is 0 Å². The fourth-order valence-electron chi connectivity index (χ4n) is 2.08. The van der Waals surface area contributed by atoms with Crippen molar-refractivity contribution in [3.05, 3.63) is 69.8 Å². The molecule has 180 valence electrons. The molecular formula is C18H12Fe3O12. The molecule has 0 radical (unpaired) electrons. The van der Waals surface area contributed by atoms with E-state index < -0.39 is 58.1 Å². The molecule has 6 N–H and O–H groups in total. The Morgan fingerprint density at radius 3 is 0.818 bits per heavy atom. The van der Waals surface area contributed by atoms with E-state index in [2.05, 4.69) is 0 Å². The zero-order valence-corrected chi connectivity index (χ0v) is 19.0. The number of aromatic carboxylic acids is 6. The summed E-state index contributed by atoms with van der Waals surface area (Å²) in [7, 11) is 0. The van der Waals surface area contributed by atoms with E-state index in [9.17, 15) is 28.8 Å². The van der Waals surface area contributed by atoms with Crippen molar-refractivity contribution in [2.45, 2.75) is 0 Å². The number of benzene rings is 2. The maximum absolute atomic E-state index is 10.6. The molecular weight excluding hydrogens is 576 g/mol. The minimum absolute atomic E-state index is 0. The average Bonchev–Trinajstić information content (AvgIpc) is 2.67. The predicted octanol–water partition coefficient (Wildman–Crippen LogP) is 1.55. The van der Waals surface area contributed by atoms with Gasteiger partial charge in [-0.25, -0.2) is 28.8 Å². The summed E-state index contributed by atoms with van der Waals surface area (Å²) in [5.74, 6) is -8.40. The second-order valence-electron chi connectivity index (χ2n) is 5.35. The number of carboxylic acids is 6. The smallest absolute Gasteiger partial charge is 0.336 e. The molecule has 0 aliphatic carbocycles. The molecule has 0 amide bonds. The van der Waals surface area contributed by atoms with Gasteiger partial charge >= 0.3 is 35.8 Å². The Morgan fingerprint density at radius 1 is 0.394 bits per heavy atom. The Bertz CT molecular complexity index is 996. The van der Waals surface area contributed by atoms with E-state index in [-0.39, 0.29) is 62.3 Å². The van der Waals surface area contributed by atoms with Crippen LogP contribution < -0.4 is 0 Å². The van der Waals surface area contributed by atoms with Crippen molar-refractivity contribution in [2.75, 3.05) is 0 Å². The maximum atomic E-state index is 10.6. The first-order valence-corrected chi connectivity index (χ1v) is 7.54. The second kappa shape index (κ2) is 14.8. The molecule has 12 nitrogen and oxygen atoms in total. The summed E-state index contributed by atoms with van der Waals surface area (Å²) in [6.07, 6.45) is 0. The van der Waals surface area contributed by atoms with Crippen LogP contribution in [0.2, 0.25) is 0 Å². The Morgan fingerprint density at radius 2 is 0.636 bits per heavy atom. The van der Waals surface area contributed by atoms with Crippen LogP contribution in [0.4, 0.5) is 0 Å². The molecule has 0 unspecified atom stereocenters. The summed E-state index contributed by atoms with van der Waals surface area (Å²) in [6.45, 7) is 0. The van der Waals surface area contributed by atoms with Crippen molar-refractivity contribution in [1.82, 2.24) is 0 Å². The first-order chi connectivity index (χ1) is 13.9. The topological polar surface area (TPSA) is 224 Å². The number of rotatable bonds is 6. The molecule has 0 saturated carbocycles. The summed E-state index contributed by atoms with van der Waals surface area (Å²) < 4.78 is 0. The molecule has 15 heteroatoms. The maximum Gasteiger partial charge on any atom is 0.336 e.